The molecule has 0 spiro atoms. The molecule has 0 radical (unpaired) electrons. The Labute approximate surface area is 132 Å². The fourth-order valence-electron chi connectivity index (χ4n) is 2.78. The molecule has 0 aliphatic heterocycles. The number of hydrogen-bond acceptors (Lipinski definition) is 2. The lowest BCUT2D eigenvalue weighted by molar-refractivity contribution is 1.07. The van der Waals surface area contributed by atoms with Crippen LogP contribution in [0.25, 0.3) is 0 Å². The summed E-state index contributed by atoms with van der Waals surface area (Å²) < 4.78 is 0. The number of nitrogens with zero attached hydrogens (tertiary/aromatic N) is 1. The predicted octanol–water partition coefficient (Wildman–Crippen LogP) is 4.94. The van der Waals surface area contributed by atoms with Crippen molar-refractivity contribution >= 4 is 23.0 Å². The fraction of sp³-hybridized carbons (Fsp3) is 0.333. The maximum atomic E-state index is 6.31. The molecule has 2 rings (SSSR count). The monoisotopic (exact) mass is 302 g/mol. The van der Waals surface area contributed by atoms with E-state index >= 15 is 0 Å². The molecule has 0 unspecified atom stereocenters. The van der Waals surface area contributed by atoms with Gasteiger partial charge >= 0.3 is 0 Å². The van der Waals surface area contributed by atoms with Gasteiger partial charge in [-0.05, 0) is 49.6 Å². The highest BCUT2D eigenvalue weighted by atomic mass is 35.5. The summed E-state index contributed by atoms with van der Waals surface area (Å²) in [7, 11) is 4.02. The lowest BCUT2D eigenvalue weighted by Gasteiger charge is -2.21. The zero-order chi connectivity index (χ0) is 15.6. The first-order valence-corrected chi connectivity index (χ1v) is 7.54. The van der Waals surface area contributed by atoms with E-state index in [1.54, 1.807) is 0 Å². The summed E-state index contributed by atoms with van der Waals surface area (Å²) in [6.07, 6.45) is 0. The summed E-state index contributed by atoms with van der Waals surface area (Å²) in [6.45, 7) is 7.28. The number of anilines is 2. The van der Waals surface area contributed by atoms with Crippen LogP contribution >= 0.6 is 11.6 Å². The summed E-state index contributed by atoms with van der Waals surface area (Å²) >= 11 is 6.31. The number of halogens is 1. The summed E-state index contributed by atoms with van der Waals surface area (Å²) in [6, 6.07) is 10.4. The number of aryl methyl sites for hydroxylation is 3. The van der Waals surface area contributed by atoms with E-state index in [9.17, 15) is 0 Å². The molecular weight excluding hydrogens is 280 g/mol. The molecular formula is C18H23ClN2. The summed E-state index contributed by atoms with van der Waals surface area (Å²) in [5.41, 5.74) is 7.41. The summed E-state index contributed by atoms with van der Waals surface area (Å²) in [5, 5.41) is 4.29. The standard InChI is InChI=1S/C18H23ClN2/c1-12-9-13(2)15(14(3)10-12)11-20-17-8-6-7-16(19)18(17)21(4)5/h6-10,20H,11H2,1-5H3. The molecule has 0 saturated carbocycles. The van der Waals surface area contributed by atoms with Crippen LogP contribution in [-0.4, -0.2) is 14.1 Å². The Balaban J connectivity index is 2.27. The van der Waals surface area contributed by atoms with E-state index in [2.05, 4.69) is 44.3 Å². The van der Waals surface area contributed by atoms with E-state index in [1.807, 2.05) is 31.1 Å². The minimum atomic E-state index is 0.766. The number of para-hydroxylation sites is 1. The number of hydrogen-bond donors (Lipinski definition) is 1. The highest BCUT2D eigenvalue weighted by Crippen LogP contribution is 2.33. The molecule has 0 aliphatic rings. The smallest absolute Gasteiger partial charge is 0.0786 e. The topological polar surface area (TPSA) is 15.3 Å². The molecule has 112 valence electrons. The fourth-order valence-corrected chi connectivity index (χ4v) is 3.13. The Morgan fingerprint density at radius 2 is 1.67 bits per heavy atom. The van der Waals surface area contributed by atoms with E-state index < -0.39 is 0 Å². The van der Waals surface area contributed by atoms with E-state index in [1.165, 1.54) is 22.3 Å². The van der Waals surface area contributed by atoms with Crippen LogP contribution in [0.3, 0.4) is 0 Å². The largest absolute Gasteiger partial charge is 0.379 e. The predicted molar refractivity (Wildman–Crippen MR) is 93.8 cm³/mol. The third-order valence-corrected chi connectivity index (χ3v) is 4.03. The van der Waals surface area contributed by atoms with Gasteiger partial charge in [-0.25, -0.2) is 0 Å². The van der Waals surface area contributed by atoms with Gasteiger partial charge in [-0.2, -0.15) is 0 Å². The Kier molecular flexibility index (Phi) is 4.79. The molecule has 0 heterocycles. The lowest BCUT2D eigenvalue weighted by Crippen LogP contribution is -2.13. The first kappa shape index (κ1) is 15.7. The van der Waals surface area contributed by atoms with Crippen LogP contribution in [0.15, 0.2) is 30.3 Å². The summed E-state index contributed by atoms with van der Waals surface area (Å²) in [5.74, 6) is 0. The molecule has 0 amide bonds. The molecule has 0 saturated heterocycles. The zero-order valence-electron chi connectivity index (χ0n) is 13.4. The third kappa shape index (κ3) is 3.51. The summed E-state index contributed by atoms with van der Waals surface area (Å²) in [4.78, 5) is 2.04. The van der Waals surface area contributed by atoms with Gasteiger partial charge in [0, 0.05) is 20.6 Å². The second kappa shape index (κ2) is 6.40. The second-order valence-electron chi connectivity index (χ2n) is 5.76. The third-order valence-electron chi connectivity index (χ3n) is 3.73. The van der Waals surface area contributed by atoms with Gasteiger partial charge < -0.3 is 10.2 Å². The van der Waals surface area contributed by atoms with Crippen molar-refractivity contribution in [3.63, 3.8) is 0 Å². The van der Waals surface area contributed by atoms with E-state index in [0.29, 0.717) is 0 Å². The number of benzene rings is 2. The van der Waals surface area contributed by atoms with Crippen LogP contribution in [0, 0.1) is 20.8 Å². The molecule has 2 nitrogen and oxygen atoms in total. The van der Waals surface area contributed by atoms with Gasteiger partial charge in [-0.15, -0.1) is 0 Å². The molecule has 0 aliphatic carbocycles. The average molecular weight is 303 g/mol. The molecule has 0 bridgehead atoms. The minimum absolute atomic E-state index is 0.766. The minimum Gasteiger partial charge on any atom is -0.379 e. The van der Waals surface area contributed by atoms with E-state index in [4.69, 9.17) is 11.6 Å². The molecule has 21 heavy (non-hydrogen) atoms. The van der Waals surface area contributed by atoms with Crippen LogP contribution in [0.1, 0.15) is 22.3 Å². The first-order chi connectivity index (χ1) is 9.90. The molecule has 0 aromatic heterocycles. The Hall–Kier alpha value is -1.67. The normalized spacial score (nSPS) is 10.6. The van der Waals surface area contributed by atoms with Crippen LogP contribution in [0.2, 0.25) is 5.02 Å². The number of nitrogens with one attached hydrogen (secondary N) is 1. The number of rotatable bonds is 4. The quantitative estimate of drug-likeness (QED) is 0.860. The highest BCUT2D eigenvalue weighted by Gasteiger charge is 2.10. The van der Waals surface area contributed by atoms with Crippen LogP contribution in [0.5, 0.6) is 0 Å². The van der Waals surface area contributed by atoms with Gasteiger partial charge in [0.1, 0.15) is 0 Å². The molecule has 1 N–H and O–H groups in total. The van der Waals surface area contributed by atoms with Crippen molar-refractivity contribution in [2.75, 3.05) is 24.3 Å². The van der Waals surface area contributed by atoms with Crippen LogP contribution in [0.4, 0.5) is 11.4 Å². The lowest BCUT2D eigenvalue weighted by atomic mass is 10.00. The van der Waals surface area contributed by atoms with Gasteiger partial charge in [0.25, 0.3) is 0 Å². The van der Waals surface area contributed by atoms with Crippen molar-refractivity contribution in [2.24, 2.45) is 0 Å². The van der Waals surface area contributed by atoms with Crippen molar-refractivity contribution in [3.8, 4) is 0 Å². The zero-order valence-corrected chi connectivity index (χ0v) is 14.2. The Bertz CT molecular complexity index is 625. The van der Waals surface area contributed by atoms with Gasteiger partial charge in [0.15, 0.2) is 0 Å². The maximum absolute atomic E-state index is 6.31. The molecule has 3 heteroatoms. The second-order valence-corrected chi connectivity index (χ2v) is 6.17. The van der Waals surface area contributed by atoms with Gasteiger partial charge in [0.05, 0.1) is 16.4 Å². The van der Waals surface area contributed by atoms with Crippen molar-refractivity contribution in [3.05, 3.63) is 57.6 Å². The molecule has 0 atom stereocenters. The van der Waals surface area contributed by atoms with Crippen molar-refractivity contribution in [2.45, 2.75) is 27.3 Å². The van der Waals surface area contributed by atoms with Gasteiger partial charge in [-0.3, -0.25) is 0 Å². The van der Waals surface area contributed by atoms with Crippen molar-refractivity contribution in [1.29, 1.82) is 0 Å². The Morgan fingerprint density at radius 1 is 1.05 bits per heavy atom. The molecule has 0 fully saturated rings. The highest BCUT2D eigenvalue weighted by molar-refractivity contribution is 6.34. The Morgan fingerprint density at radius 3 is 2.24 bits per heavy atom. The van der Waals surface area contributed by atoms with E-state index in [-0.39, 0.29) is 0 Å². The SMILES string of the molecule is Cc1cc(C)c(CNc2cccc(Cl)c2N(C)C)c(C)c1. The average Bonchev–Trinajstić information content (AvgIpc) is 2.36. The van der Waals surface area contributed by atoms with E-state index in [0.717, 1.165) is 22.9 Å². The van der Waals surface area contributed by atoms with Gasteiger partial charge in [0.2, 0.25) is 0 Å². The van der Waals surface area contributed by atoms with Crippen molar-refractivity contribution < 1.29 is 0 Å². The van der Waals surface area contributed by atoms with Crippen LogP contribution < -0.4 is 10.2 Å². The molecule has 2 aromatic carbocycles. The molecule has 2 aromatic rings. The van der Waals surface area contributed by atoms with Crippen LogP contribution in [-0.2, 0) is 6.54 Å². The first-order valence-electron chi connectivity index (χ1n) is 7.16. The van der Waals surface area contributed by atoms with Gasteiger partial charge in [-0.1, -0.05) is 35.4 Å². The van der Waals surface area contributed by atoms with Crippen molar-refractivity contribution in [1.82, 2.24) is 0 Å². The maximum Gasteiger partial charge on any atom is 0.0786 e.